The van der Waals surface area contributed by atoms with Gasteiger partial charge >= 0.3 is 0 Å². The summed E-state index contributed by atoms with van der Waals surface area (Å²) < 4.78 is 47.3. The molecule has 0 saturated carbocycles. The molecule has 0 bridgehead atoms. The molecule has 1 aliphatic carbocycles. The highest BCUT2D eigenvalue weighted by molar-refractivity contribution is 5.98. The van der Waals surface area contributed by atoms with Crippen LogP contribution in [0.4, 0.5) is 8.78 Å². The lowest BCUT2D eigenvalue weighted by molar-refractivity contribution is 0.0654. The predicted octanol–water partition coefficient (Wildman–Crippen LogP) is 3.93. The van der Waals surface area contributed by atoms with Crippen LogP contribution in [0.1, 0.15) is 32.3 Å². The van der Waals surface area contributed by atoms with Gasteiger partial charge in [0.25, 0.3) is 6.02 Å². The number of aliphatic hydroxyl groups excluding tert-OH is 1. The SMILES string of the molecule is CCOc1ncc(-c2c[nH]c3nccc(OC4=C(F)CC(NC5=NCC(C)(CO)CO5)CC4F)c23)cc1C#N. The molecule has 3 atom stereocenters. The summed E-state index contributed by atoms with van der Waals surface area (Å²) in [6.45, 7) is 4.54. The number of nitrogens with zero attached hydrogens (tertiary/aromatic N) is 4. The fourth-order valence-corrected chi connectivity index (χ4v) is 4.50. The van der Waals surface area contributed by atoms with E-state index in [4.69, 9.17) is 14.2 Å². The van der Waals surface area contributed by atoms with Crippen LogP contribution in [0, 0.1) is 16.7 Å². The number of nitrogens with one attached hydrogen (secondary N) is 2. The van der Waals surface area contributed by atoms with Gasteiger partial charge in [-0.3, -0.25) is 0 Å². The summed E-state index contributed by atoms with van der Waals surface area (Å²) in [5, 5.41) is 22.4. The third-order valence-corrected chi connectivity index (χ3v) is 6.66. The van der Waals surface area contributed by atoms with Crippen molar-refractivity contribution in [3.63, 3.8) is 0 Å². The third-order valence-electron chi connectivity index (χ3n) is 6.66. The maximum atomic E-state index is 15.3. The smallest absolute Gasteiger partial charge is 0.284 e. The zero-order valence-corrected chi connectivity index (χ0v) is 21.5. The van der Waals surface area contributed by atoms with E-state index in [1.54, 1.807) is 25.4 Å². The summed E-state index contributed by atoms with van der Waals surface area (Å²) in [5.41, 5.74) is 1.42. The van der Waals surface area contributed by atoms with Crippen LogP contribution in [0.3, 0.4) is 0 Å². The largest absolute Gasteiger partial charge is 0.477 e. The molecule has 0 fully saturated rings. The lowest BCUT2D eigenvalue weighted by Gasteiger charge is -2.33. The first-order valence-corrected chi connectivity index (χ1v) is 12.6. The minimum atomic E-state index is -1.72. The molecule has 4 heterocycles. The highest BCUT2D eigenvalue weighted by atomic mass is 19.1. The van der Waals surface area contributed by atoms with Gasteiger partial charge in [-0.2, -0.15) is 5.26 Å². The molecule has 39 heavy (non-hydrogen) atoms. The molecule has 2 aliphatic rings. The topological polar surface area (TPSA) is 138 Å². The second-order valence-electron chi connectivity index (χ2n) is 9.86. The number of aliphatic hydroxyl groups is 1. The number of alkyl halides is 1. The van der Waals surface area contributed by atoms with Gasteiger partial charge in [-0.05, 0) is 19.1 Å². The van der Waals surface area contributed by atoms with Crippen LogP contribution in [0.2, 0.25) is 0 Å². The fraction of sp³-hybridized carbons (Fsp3) is 0.407. The van der Waals surface area contributed by atoms with E-state index in [0.717, 1.165) is 0 Å². The summed E-state index contributed by atoms with van der Waals surface area (Å²) in [6.07, 6.45) is 2.83. The van der Waals surface area contributed by atoms with Crippen molar-refractivity contribution in [1.82, 2.24) is 20.3 Å². The number of halogens is 2. The Kier molecular flexibility index (Phi) is 7.34. The van der Waals surface area contributed by atoms with Crippen molar-refractivity contribution in [2.75, 3.05) is 26.4 Å². The van der Waals surface area contributed by atoms with E-state index in [1.165, 1.54) is 12.3 Å². The van der Waals surface area contributed by atoms with Crippen LogP contribution < -0.4 is 14.8 Å². The first kappa shape index (κ1) is 26.4. The monoisotopic (exact) mass is 538 g/mol. The number of aromatic amines is 1. The Bertz CT molecular complexity index is 1480. The van der Waals surface area contributed by atoms with Crippen LogP contribution in [0.5, 0.6) is 11.6 Å². The Balaban J connectivity index is 1.39. The Morgan fingerprint density at radius 1 is 1.38 bits per heavy atom. The van der Waals surface area contributed by atoms with Gasteiger partial charge in [0.1, 0.15) is 35.5 Å². The van der Waals surface area contributed by atoms with Crippen LogP contribution in [0.25, 0.3) is 22.2 Å². The number of aromatic nitrogens is 3. The van der Waals surface area contributed by atoms with Gasteiger partial charge in [-0.1, -0.05) is 6.92 Å². The average molecular weight is 539 g/mol. The molecule has 0 spiro atoms. The molecule has 3 unspecified atom stereocenters. The third kappa shape index (κ3) is 5.35. The summed E-state index contributed by atoms with van der Waals surface area (Å²) in [6, 6.07) is 4.87. The Morgan fingerprint density at radius 3 is 2.92 bits per heavy atom. The van der Waals surface area contributed by atoms with Gasteiger partial charge in [-0.15, -0.1) is 0 Å². The number of aliphatic imine (C=N–C) groups is 1. The number of fused-ring (bicyclic) bond motifs is 1. The van der Waals surface area contributed by atoms with Gasteiger partial charge in [0.2, 0.25) is 5.88 Å². The van der Waals surface area contributed by atoms with Crippen molar-refractivity contribution < 1.29 is 28.1 Å². The molecular weight excluding hydrogens is 510 g/mol. The van der Waals surface area contributed by atoms with Crippen molar-refractivity contribution in [2.24, 2.45) is 10.4 Å². The molecule has 1 aliphatic heterocycles. The van der Waals surface area contributed by atoms with Crippen molar-refractivity contribution in [3.8, 4) is 28.8 Å². The van der Waals surface area contributed by atoms with Gasteiger partial charge in [-0.25, -0.2) is 23.7 Å². The molecule has 12 heteroatoms. The highest BCUT2D eigenvalue weighted by Crippen LogP contribution is 2.38. The van der Waals surface area contributed by atoms with E-state index >= 15 is 8.78 Å². The molecule has 0 amide bonds. The molecular formula is C27H28F2N6O4. The lowest BCUT2D eigenvalue weighted by atomic mass is 9.93. The van der Waals surface area contributed by atoms with Crippen molar-refractivity contribution in [3.05, 3.63) is 47.9 Å². The van der Waals surface area contributed by atoms with E-state index in [2.05, 4.69) is 31.3 Å². The normalized spacial score (nSPS) is 23.1. The number of allylic oxidation sites excluding steroid dienone is 1. The van der Waals surface area contributed by atoms with Crippen molar-refractivity contribution in [1.29, 1.82) is 5.26 Å². The van der Waals surface area contributed by atoms with Crippen LogP contribution in [0.15, 0.2) is 47.3 Å². The number of amidine groups is 1. The summed E-state index contributed by atoms with van der Waals surface area (Å²) in [5.74, 6) is -0.678. The first-order chi connectivity index (χ1) is 18.8. The molecule has 5 rings (SSSR count). The standard InChI is InChI=1S/C27H28F2N6O4/c1-3-37-25-15(9-30)6-16(10-33-25)18-11-32-24-22(18)21(4-5-31-24)39-23-19(28)7-17(8-20(23)29)35-26-34-12-27(2,13-36)14-38-26/h4-6,10-11,17,19,36H,3,7-8,12-14H2,1-2H3,(H,31,32)(H,34,35). The molecule has 3 aromatic rings. The van der Waals surface area contributed by atoms with Crippen molar-refractivity contribution in [2.45, 2.75) is 38.9 Å². The van der Waals surface area contributed by atoms with Gasteiger partial charge in [0.15, 0.2) is 11.9 Å². The number of H-pyrrole nitrogens is 1. The number of ether oxygens (including phenoxy) is 3. The van der Waals surface area contributed by atoms with Gasteiger partial charge < -0.3 is 29.6 Å². The highest BCUT2D eigenvalue weighted by Gasteiger charge is 2.35. The number of hydrogen-bond donors (Lipinski definition) is 3. The van der Waals surface area contributed by atoms with E-state index in [0.29, 0.717) is 35.3 Å². The average Bonchev–Trinajstić information content (AvgIpc) is 3.38. The van der Waals surface area contributed by atoms with E-state index < -0.39 is 29.2 Å². The Labute approximate surface area is 223 Å². The molecule has 10 nitrogen and oxygen atoms in total. The molecule has 0 saturated heterocycles. The minimum absolute atomic E-state index is 0.0506. The number of nitriles is 1. The molecule has 204 valence electrons. The minimum Gasteiger partial charge on any atom is -0.477 e. The second-order valence-corrected chi connectivity index (χ2v) is 9.86. The second kappa shape index (κ2) is 10.9. The molecule has 3 aromatic heterocycles. The van der Waals surface area contributed by atoms with Crippen LogP contribution in [-0.4, -0.2) is 64.7 Å². The summed E-state index contributed by atoms with van der Waals surface area (Å²) in [4.78, 5) is 15.9. The zero-order chi connectivity index (χ0) is 27.6. The fourth-order valence-electron chi connectivity index (χ4n) is 4.50. The number of hydrogen-bond acceptors (Lipinski definition) is 9. The van der Waals surface area contributed by atoms with Crippen LogP contribution in [-0.2, 0) is 4.74 Å². The summed E-state index contributed by atoms with van der Waals surface area (Å²) in [7, 11) is 0. The Morgan fingerprint density at radius 2 is 2.23 bits per heavy atom. The quantitative estimate of drug-likeness (QED) is 0.412. The van der Waals surface area contributed by atoms with E-state index in [-0.39, 0.29) is 49.3 Å². The summed E-state index contributed by atoms with van der Waals surface area (Å²) >= 11 is 0. The van der Waals surface area contributed by atoms with Gasteiger partial charge in [0, 0.05) is 54.0 Å². The molecule has 0 aromatic carbocycles. The lowest BCUT2D eigenvalue weighted by Crippen LogP contribution is -2.46. The first-order valence-electron chi connectivity index (χ1n) is 12.6. The van der Waals surface area contributed by atoms with E-state index in [1.807, 2.05) is 6.92 Å². The number of pyridine rings is 2. The molecule has 3 N–H and O–H groups in total. The maximum absolute atomic E-state index is 15.3. The van der Waals surface area contributed by atoms with E-state index in [9.17, 15) is 10.4 Å². The van der Waals surface area contributed by atoms with Crippen molar-refractivity contribution >= 4 is 17.1 Å². The number of rotatable bonds is 7. The molecule has 0 radical (unpaired) electrons. The Hall–Kier alpha value is -4.24. The predicted molar refractivity (Wildman–Crippen MR) is 138 cm³/mol. The zero-order valence-electron chi connectivity index (χ0n) is 21.5. The maximum Gasteiger partial charge on any atom is 0.284 e. The van der Waals surface area contributed by atoms with Crippen LogP contribution >= 0.6 is 0 Å². The van der Waals surface area contributed by atoms with Gasteiger partial charge in [0.05, 0.1) is 25.1 Å².